The van der Waals surface area contributed by atoms with Gasteiger partial charge in [-0.05, 0) is 45.3 Å². The Labute approximate surface area is 104 Å². The van der Waals surface area contributed by atoms with E-state index in [0.29, 0.717) is 11.3 Å². The molecular weight excluding hydrogens is 216 g/mol. The number of hydrogen-bond acceptors (Lipinski definition) is 3. The van der Waals surface area contributed by atoms with E-state index >= 15 is 0 Å². The Bertz CT molecular complexity index is 247. The van der Waals surface area contributed by atoms with Crippen molar-refractivity contribution < 1.29 is 0 Å². The minimum atomic E-state index is -0.238. The van der Waals surface area contributed by atoms with E-state index in [2.05, 4.69) is 43.9 Å². The molecule has 1 rings (SSSR count). The number of nitriles is 1. The summed E-state index contributed by atoms with van der Waals surface area (Å²) in [6.07, 6.45) is 5.81. The van der Waals surface area contributed by atoms with Crippen molar-refractivity contribution >= 4 is 11.8 Å². The van der Waals surface area contributed by atoms with Crippen LogP contribution < -0.4 is 5.32 Å². The van der Waals surface area contributed by atoms with Crippen molar-refractivity contribution in [2.24, 2.45) is 0 Å². The molecule has 0 heterocycles. The summed E-state index contributed by atoms with van der Waals surface area (Å²) in [4.78, 5) is 0. The largest absolute Gasteiger partial charge is 0.297 e. The number of unbranched alkanes of at least 4 members (excludes halogenated alkanes) is 1. The van der Waals surface area contributed by atoms with Crippen LogP contribution in [0, 0.1) is 11.3 Å². The molecular formula is C13H24N2S. The molecule has 16 heavy (non-hydrogen) atoms. The fourth-order valence-corrected chi connectivity index (χ4v) is 3.83. The Morgan fingerprint density at radius 2 is 2.31 bits per heavy atom. The topological polar surface area (TPSA) is 35.8 Å². The Hall–Kier alpha value is -0.200. The predicted molar refractivity (Wildman–Crippen MR) is 71.6 cm³/mol. The molecule has 1 aliphatic rings. The Balaban J connectivity index is 2.39. The van der Waals surface area contributed by atoms with Gasteiger partial charge in [-0.3, -0.25) is 5.32 Å². The lowest BCUT2D eigenvalue weighted by Crippen LogP contribution is -2.45. The maximum atomic E-state index is 9.33. The maximum Gasteiger partial charge on any atom is 0.108 e. The van der Waals surface area contributed by atoms with Crippen LogP contribution in [0.1, 0.15) is 52.9 Å². The number of thioether (sulfide) groups is 1. The average molecular weight is 240 g/mol. The minimum absolute atomic E-state index is 0.238. The quantitative estimate of drug-likeness (QED) is 0.723. The van der Waals surface area contributed by atoms with Crippen LogP contribution in [0.3, 0.4) is 0 Å². The number of rotatable bonds is 6. The summed E-state index contributed by atoms with van der Waals surface area (Å²) < 4.78 is 0. The molecule has 1 fully saturated rings. The Kier molecular flexibility index (Phi) is 5.64. The van der Waals surface area contributed by atoms with Crippen LogP contribution >= 0.6 is 11.8 Å². The van der Waals surface area contributed by atoms with Gasteiger partial charge >= 0.3 is 0 Å². The van der Waals surface area contributed by atoms with Crippen molar-refractivity contribution in [3.63, 3.8) is 0 Å². The van der Waals surface area contributed by atoms with Crippen molar-refractivity contribution in [2.45, 2.75) is 69.7 Å². The first-order valence-electron chi connectivity index (χ1n) is 6.42. The van der Waals surface area contributed by atoms with Crippen molar-refractivity contribution in [3.8, 4) is 6.07 Å². The van der Waals surface area contributed by atoms with Crippen LogP contribution in [0.25, 0.3) is 0 Å². The zero-order valence-electron chi connectivity index (χ0n) is 10.8. The monoisotopic (exact) mass is 240 g/mol. The number of nitrogens with one attached hydrogen (secondary N) is 1. The highest BCUT2D eigenvalue weighted by molar-refractivity contribution is 7.99. The third-order valence-corrected chi connectivity index (χ3v) is 4.50. The van der Waals surface area contributed by atoms with Gasteiger partial charge < -0.3 is 0 Å². The second-order valence-electron chi connectivity index (χ2n) is 5.08. The summed E-state index contributed by atoms with van der Waals surface area (Å²) in [5.74, 6) is 1.25. The van der Waals surface area contributed by atoms with Gasteiger partial charge in [0.2, 0.25) is 0 Å². The lowest BCUT2D eigenvalue weighted by Gasteiger charge is -2.25. The van der Waals surface area contributed by atoms with Crippen LogP contribution in [0.5, 0.6) is 0 Å². The maximum absolute atomic E-state index is 9.33. The molecule has 1 N–H and O–H groups in total. The van der Waals surface area contributed by atoms with Gasteiger partial charge in [-0.2, -0.15) is 17.0 Å². The van der Waals surface area contributed by atoms with Crippen molar-refractivity contribution in [2.75, 3.05) is 5.75 Å². The highest BCUT2D eigenvalue weighted by Gasteiger charge is 2.39. The van der Waals surface area contributed by atoms with Gasteiger partial charge in [0, 0.05) is 11.3 Å². The smallest absolute Gasteiger partial charge is 0.108 e. The van der Waals surface area contributed by atoms with Gasteiger partial charge in [-0.1, -0.05) is 13.3 Å². The molecule has 1 aliphatic carbocycles. The van der Waals surface area contributed by atoms with Crippen LogP contribution in [0.15, 0.2) is 0 Å². The van der Waals surface area contributed by atoms with E-state index in [4.69, 9.17) is 0 Å². The molecule has 2 unspecified atom stereocenters. The normalized spacial score (nSPS) is 29.6. The van der Waals surface area contributed by atoms with Crippen LogP contribution in [-0.4, -0.2) is 22.6 Å². The molecule has 3 heteroatoms. The molecule has 92 valence electrons. The fraction of sp³-hybridized carbons (Fsp3) is 0.923. The molecule has 0 spiro atoms. The minimum Gasteiger partial charge on any atom is -0.297 e. The molecule has 0 aromatic heterocycles. The SMILES string of the molecule is CCCCSC1CCC(C#N)(NC(C)C)C1. The molecule has 2 atom stereocenters. The molecule has 0 saturated heterocycles. The second kappa shape index (κ2) is 6.51. The van der Waals surface area contributed by atoms with Gasteiger partial charge in [-0.15, -0.1) is 0 Å². The molecule has 1 saturated carbocycles. The molecule has 0 amide bonds. The van der Waals surface area contributed by atoms with Gasteiger partial charge in [0.15, 0.2) is 0 Å². The second-order valence-corrected chi connectivity index (χ2v) is 6.49. The summed E-state index contributed by atoms with van der Waals surface area (Å²) in [5, 5.41) is 13.5. The van der Waals surface area contributed by atoms with Gasteiger partial charge in [0.25, 0.3) is 0 Å². The summed E-state index contributed by atoms with van der Waals surface area (Å²) in [6.45, 7) is 6.47. The Morgan fingerprint density at radius 3 is 2.88 bits per heavy atom. The summed E-state index contributed by atoms with van der Waals surface area (Å²) in [7, 11) is 0. The van der Waals surface area contributed by atoms with Crippen molar-refractivity contribution in [1.29, 1.82) is 5.26 Å². The highest BCUT2D eigenvalue weighted by atomic mass is 32.2. The van der Waals surface area contributed by atoms with E-state index in [0.717, 1.165) is 12.8 Å². The number of nitrogens with zero attached hydrogens (tertiary/aromatic N) is 1. The van der Waals surface area contributed by atoms with Crippen molar-refractivity contribution in [1.82, 2.24) is 5.32 Å². The van der Waals surface area contributed by atoms with Gasteiger partial charge in [-0.25, -0.2) is 0 Å². The standard InChI is InChI=1S/C13H24N2S/c1-4-5-8-16-12-6-7-13(9-12,10-14)15-11(2)3/h11-12,15H,4-9H2,1-3H3. The molecule has 0 bridgehead atoms. The van der Waals surface area contributed by atoms with E-state index in [-0.39, 0.29) is 5.54 Å². The van der Waals surface area contributed by atoms with Crippen LogP contribution in [-0.2, 0) is 0 Å². The predicted octanol–water partition coefficient (Wildman–Crippen LogP) is 3.33. The van der Waals surface area contributed by atoms with Gasteiger partial charge in [0.05, 0.1) is 6.07 Å². The van der Waals surface area contributed by atoms with Crippen molar-refractivity contribution in [3.05, 3.63) is 0 Å². The first-order chi connectivity index (χ1) is 7.62. The molecule has 0 aliphatic heterocycles. The first-order valence-corrected chi connectivity index (χ1v) is 7.47. The third-order valence-electron chi connectivity index (χ3n) is 3.10. The lowest BCUT2D eigenvalue weighted by atomic mass is 9.99. The molecule has 0 aromatic rings. The zero-order chi connectivity index (χ0) is 12.0. The first kappa shape index (κ1) is 13.9. The molecule has 2 nitrogen and oxygen atoms in total. The lowest BCUT2D eigenvalue weighted by molar-refractivity contribution is 0.386. The highest BCUT2D eigenvalue weighted by Crippen LogP contribution is 2.37. The van der Waals surface area contributed by atoms with Crippen LogP contribution in [0.4, 0.5) is 0 Å². The van der Waals surface area contributed by atoms with E-state index in [1.54, 1.807) is 0 Å². The third kappa shape index (κ3) is 3.99. The van der Waals surface area contributed by atoms with Gasteiger partial charge in [0.1, 0.15) is 5.54 Å². The summed E-state index contributed by atoms with van der Waals surface area (Å²) in [6, 6.07) is 2.91. The van der Waals surface area contributed by atoms with E-state index < -0.39 is 0 Å². The summed E-state index contributed by atoms with van der Waals surface area (Å²) >= 11 is 2.06. The number of hydrogen-bond donors (Lipinski definition) is 1. The van der Waals surface area contributed by atoms with E-state index in [1.165, 1.54) is 25.0 Å². The Morgan fingerprint density at radius 1 is 1.56 bits per heavy atom. The summed E-state index contributed by atoms with van der Waals surface area (Å²) in [5.41, 5.74) is -0.238. The average Bonchev–Trinajstić information content (AvgIpc) is 2.62. The van der Waals surface area contributed by atoms with E-state index in [1.807, 2.05) is 0 Å². The van der Waals surface area contributed by atoms with E-state index in [9.17, 15) is 5.26 Å². The zero-order valence-corrected chi connectivity index (χ0v) is 11.6. The molecule has 0 radical (unpaired) electrons. The van der Waals surface area contributed by atoms with Crippen LogP contribution in [0.2, 0.25) is 0 Å². The molecule has 0 aromatic carbocycles. The fourth-order valence-electron chi connectivity index (χ4n) is 2.35.